The molecule has 0 bridgehead atoms. The lowest BCUT2D eigenvalue weighted by atomic mass is 10.0. The lowest BCUT2D eigenvalue weighted by Crippen LogP contribution is -2.46. The molecule has 2 aliphatic heterocycles. The molecule has 0 saturated carbocycles. The van der Waals surface area contributed by atoms with Crippen molar-refractivity contribution in [2.24, 2.45) is 5.92 Å². The van der Waals surface area contributed by atoms with E-state index >= 15 is 0 Å². The van der Waals surface area contributed by atoms with Gasteiger partial charge in [0.2, 0.25) is 5.91 Å². The Bertz CT molecular complexity index is 452. The second-order valence-corrected chi connectivity index (χ2v) is 5.94. The number of piperidine rings is 1. The Morgan fingerprint density at radius 2 is 2.19 bits per heavy atom. The highest BCUT2D eigenvalue weighted by molar-refractivity contribution is 5.79. The highest BCUT2D eigenvalue weighted by atomic mass is 16.5. The Balaban J connectivity index is 1.41. The quantitative estimate of drug-likeness (QED) is 0.905. The van der Waals surface area contributed by atoms with Crippen molar-refractivity contribution in [2.75, 3.05) is 26.3 Å². The van der Waals surface area contributed by atoms with Crippen molar-refractivity contribution in [1.29, 1.82) is 0 Å². The molecular formula is C16H23N3O2. The fourth-order valence-electron chi connectivity index (χ4n) is 3.02. The maximum absolute atomic E-state index is 12.1. The van der Waals surface area contributed by atoms with Gasteiger partial charge in [0.1, 0.15) is 0 Å². The predicted octanol–water partition coefficient (Wildman–Crippen LogP) is 1.20. The van der Waals surface area contributed by atoms with Crippen LogP contribution in [-0.2, 0) is 16.1 Å². The SMILES string of the molecule is O=C(NC1CCN(Cc2ccccn2)CC1)C1CCOC1. The van der Waals surface area contributed by atoms with Crippen LogP contribution in [0.4, 0.5) is 0 Å². The molecule has 0 aromatic carbocycles. The molecule has 1 atom stereocenters. The molecule has 5 nitrogen and oxygen atoms in total. The van der Waals surface area contributed by atoms with Crippen LogP contribution in [0.5, 0.6) is 0 Å². The molecule has 3 rings (SSSR count). The molecule has 2 saturated heterocycles. The minimum atomic E-state index is 0.0662. The largest absolute Gasteiger partial charge is 0.381 e. The third kappa shape index (κ3) is 4.02. The normalized spacial score (nSPS) is 24.1. The number of rotatable bonds is 4. The maximum Gasteiger partial charge on any atom is 0.225 e. The average Bonchev–Trinajstić information content (AvgIpc) is 3.05. The summed E-state index contributed by atoms with van der Waals surface area (Å²) in [7, 11) is 0. The molecule has 0 radical (unpaired) electrons. The van der Waals surface area contributed by atoms with Crippen LogP contribution in [0.1, 0.15) is 25.0 Å². The van der Waals surface area contributed by atoms with Crippen molar-refractivity contribution in [2.45, 2.75) is 31.8 Å². The number of hydrogen-bond donors (Lipinski definition) is 1. The highest BCUT2D eigenvalue weighted by Gasteiger charge is 2.27. The van der Waals surface area contributed by atoms with E-state index in [-0.39, 0.29) is 11.8 Å². The summed E-state index contributed by atoms with van der Waals surface area (Å²) < 4.78 is 5.27. The summed E-state index contributed by atoms with van der Waals surface area (Å²) in [5.74, 6) is 0.243. The van der Waals surface area contributed by atoms with Crippen molar-refractivity contribution in [3.05, 3.63) is 30.1 Å². The third-order valence-electron chi connectivity index (χ3n) is 4.35. The number of carbonyl (C=O) groups excluding carboxylic acids is 1. The van der Waals surface area contributed by atoms with Gasteiger partial charge in [-0.15, -0.1) is 0 Å². The molecule has 5 heteroatoms. The molecule has 21 heavy (non-hydrogen) atoms. The summed E-state index contributed by atoms with van der Waals surface area (Å²) in [6.45, 7) is 4.24. The van der Waals surface area contributed by atoms with Crippen molar-refractivity contribution in [3.8, 4) is 0 Å². The predicted molar refractivity (Wildman–Crippen MR) is 79.6 cm³/mol. The van der Waals surface area contributed by atoms with Gasteiger partial charge in [0.15, 0.2) is 0 Å². The van der Waals surface area contributed by atoms with Crippen molar-refractivity contribution in [3.63, 3.8) is 0 Å². The Morgan fingerprint density at radius 1 is 1.33 bits per heavy atom. The molecular weight excluding hydrogens is 266 g/mol. The van der Waals surface area contributed by atoms with Gasteiger partial charge in [-0.3, -0.25) is 14.7 Å². The lowest BCUT2D eigenvalue weighted by molar-refractivity contribution is -0.126. The van der Waals surface area contributed by atoms with E-state index in [1.165, 1.54) is 0 Å². The van der Waals surface area contributed by atoms with Crippen LogP contribution in [0.2, 0.25) is 0 Å². The van der Waals surface area contributed by atoms with E-state index < -0.39 is 0 Å². The number of nitrogens with zero attached hydrogens (tertiary/aromatic N) is 2. The number of aromatic nitrogens is 1. The first-order valence-corrected chi connectivity index (χ1v) is 7.81. The number of pyridine rings is 1. The fraction of sp³-hybridized carbons (Fsp3) is 0.625. The van der Waals surface area contributed by atoms with Crippen LogP contribution in [0.25, 0.3) is 0 Å². The third-order valence-corrected chi connectivity index (χ3v) is 4.35. The summed E-state index contributed by atoms with van der Waals surface area (Å²) in [4.78, 5) is 18.8. The van der Waals surface area contributed by atoms with Crippen molar-refractivity contribution in [1.82, 2.24) is 15.2 Å². The molecule has 1 aromatic heterocycles. The molecule has 2 aliphatic rings. The van der Waals surface area contributed by atoms with Crippen molar-refractivity contribution >= 4 is 5.91 Å². The van der Waals surface area contributed by atoms with E-state index in [4.69, 9.17) is 4.74 Å². The van der Waals surface area contributed by atoms with E-state index in [9.17, 15) is 4.79 Å². The summed E-state index contributed by atoms with van der Waals surface area (Å²) in [6, 6.07) is 6.35. The minimum absolute atomic E-state index is 0.0662. The van der Waals surface area contributed by atoms with Crippen LogP contribution in [-0.4, -0.2) is 48.1 Å². The first-order chi connectivity index (χ1) is 10.3. The summed E-state index contributed by atoms with van der Waals surface area (Å²) >= 11 is 0. The van der Waals surface area contributed by atoms with Gasteiger partial charge >= 0.3 is 0 Å². The van der Waals surface area contributed by atoms with E-state index in [2.05, 4.69) is 21.3 Å². The number of amides is 1. The molecule has 114 valence electrons. The summed E-state index contributed by atoms with van der Waals surface area (Å²) in [5.41, 5.74) is 1.11. The first-order valence-electron chi connectivity index (χ1n) is 7.81. The minimum Gasteiger partial charge on any atom is -0.381 e. The highest BCUT2D eigenvalue weighted by Crippen LogP contribution is 2.16. The van der Waals surface area contributed by atoms with Gasteiger partial charge in [-0.05, 0) is 31.4 Å². The van der Waals surface area contributed by atoms with Crippen LogP contribution < -0.4 is 5.32 Å². The number of hydrogen-bond acceptors (Lipinski definition) is 4. The van der Waals surface area contributed by atoms with E-state index in [1.807, 2.05) is 18.3 Å². The molecule has 1 aromatic rings. The van der Waals surface area contributed by atoms with E-state index in [0.29, 0.717) is 12.6 Å². The topological polar surface area (TPSA) is 54.5 Å². The van der Waals surface area contributed by atoms with Gasteiger partial charge in [0, 0.05) is 38.5 Å². The molecule has 0 aliphatic carbocycles. The Morgan fingerprint density at radius 3 is 2.86 bits per heavy atom. The standard InChI is InChI=1S/C16H23N3O2/c20-16(13-6-10-21-12-13)18-14-4-8-19(9-5-14)11-15-3-1-2-7-17-15/h1-3,7,13-14H,4-6,8-12H2,(H,18,20). The van der Waals surface area contributed by atoms with Gasteiger partial charge in [-0.25, -0.2) is 0 Å². The number of carbonyl (C=O) groups is 1. The molecule has 1 unspecified atom stereocenters. The second-order valence-electron chi connectivity index (χ2n) is 5.94. The average molecular weight is 289 g/mol. The lowest BCUT2D eigenvalue weighted by Gasteiger charge is -2.32. The zero-order valence-corrected chi connectivity index (χ0v) is 12.3. The Labute approximate surface area is 125 Å². The van der Waals surface area contributed by atoms with Gasteiger partial charge in [0.05, 0.1) is 18.2 Å². The molecule has 0 spiro atoms. The van der Waals surface area contributed by atoms with E-state index in [0.717, 1.165) is 51.2 Å². The zero-order valence-electron chi connectivity index (χ0n) is 12.3. The first kappa shape index (κ1) is 14.5. The molecule has 1 amide bonds. The molecule has 1 N–H and O–H groups in total. The Kier molecular flexibility index (Phi) is 4.83. The van der Waals surface area contributed by atoms with Gasteiger partial charge in [-0.1, -0.05) is 6.07 Å². The van der Waals surface area contributed by atoms with E-state index in [1.54, 1.807) is 0 Å². The number of nitrogens with one attached hydrogen (secondary N) is 1. The van der Waals surface area contributed by atoms with Crippen LogP contribution in [0.15, 0.2) is 24.4 Å². The van der Waals surface area contributed by atoms with Crippen molar-refractivity contribution < 1.29 is 9.53 Å². The van der Waals surface area contributed by atoms with Crippen LogP contribution in [0, 0.1) is 5.92 Å². The number of likely N-dealkylation sites (tertiary alicyclic amines) is 1. The smallest absolute Gasteiger partial charge is 0.225 e. The van der Waals surface area contributed by atoms with Gasteiger partial charge < -0.3 is 10.1 Å². The van der Waals surface area contributed by atoms with Gasteiger partial charge in [0.25, 0.3) is 0 Å². The number of ether oxygens (including phenoxy) is 1. The van der Waals surface area contributed by atoms with Gasteiger partial charge in [-0.2, -0.15) is 0 Å². The summed E-state index contributed by atoms with van der Waals surface area (Å²) in [5, 5.41) is 3.18. The fourth-order valence-corrected chi connectivity index (χ4v) is 3.02. The van der Waals surface area contributed by atoms with Crippen LogP contribution >= 0.6 is 0 Å². The monoisotopic (exact) mass is 289 g/mol. The Hall–Kier alpha value is -1.46. The molecule has 2 fully saturated rings. The summed E-state index contributed by atoms with van der Waals surface area (Å²) in [6.07, 6.45) is 4.74. The zero-order chi connectivity index (χ0) is 14.5. The maximum atomic E-state index is 12.1. The van der Waals surface area contributed by atoms with Crippen LogP contribution in [0.3, 0.4) is 0 Å². The second kappa shape index (κ2) is 7.00. The molecule has 3 heterocycles.